The summed E-state index contributed by atoms with van der Waals surface area (Å²) in [5.74, 6) is -0.161. The molecule has 0 radical (unpaired) electrons. The van der Waals surface area contributed by atoms with Crippen LogP contribution >= 0.6 is 7.82 Å². The number of phosphoric acid groups is 1. The average molecular weight is 927 g/mol. The van der Waals surface area contributed by atoms with E-state index in [0.29, 0.717) is 23.9 Å². The Balaban J connectivity index is 4.17. The second kappa shape index (κ2) is 47.3. The van der Waals surface area contributed by atoms with Crippen LogP contribution in [0.3, 0.4) is 0 Å². The number of unbranched alkanes of at least 4 members (excludes halogenated alkanes) is 37. The van der Waals surface area contributed by atoms with Crippen molar-refractivity contribution in [2.24, 2.45) is 0 Å². The van der Waals surface area contributed by atoms with Crippen LogP contribution in [0, 0.1) is 0 Å². The van der Waals surface area contributed by atoms with Gasteiger partial charge in [-0.3, -0.25) is 9.36 Å². The lowest BCUT2D eigenvalue weighted by molar-refractivity contribution is -0.870. The van der Waals surface area contributed by atoms with Gasteiger partial charge in [0.15, 0.2) is 0 Å². The van der Waals surface area contributed by atoms with Crippen molar-refractivity contribution >= 4 is 13.7 Å². The summed E-state index contributed by atoms with van der Waals surface area (Å²) in [4.78, 5) is 25.5. The molecule has 2 N–H and O–H groups in total. The Kier molecular flexibility index (Phi) is 46.8. The normalized spacial score (nSPS) is 14.0. The summed E-state index contributed by atoms with van der Waals surface area (Å²) >= 11 is 0. The number of amides is 1. The molecule has 0 rings (SSSR count). The van der Waals surface area contributed by atoms with Crippen molar-refractivity contribution < 1.29 is 32.9 Å². The molecule has 0 aromatic heterocycles. The zero-order valence-electron chi connectivity index (χ0n) is 43.5. The van der Waals surface area contributed by atoms with Crippen LogP contribution in [-0.4, -0.2) is 68.5 Å². The van der Waals surface area contributed by atoms with Gasteiger partial charge in [-0.1, -0.05) is 251 Å². The minimum Gasteiger partial charge on any atom is -0.756 e. The molecule has 3 atom stereocenters. The zero-order valence-corrected chi connectivity index (χ0v) is 44.4. The first kappa shape index (κ1) is 63.2. The van der Waals surface area contributed by atoms with Crippen LogP contribution in [0.2, 0.25) is 0 Å². The number of aliphatic hydroxyl groups is 1. The fraction of sp³-hybridized carbons (Fsp3) is 0.945. The minimum absolute atomic E-state index is 0.0146. The Morgan fingerprint density at radius 2 is 0.859 bits per heavy atom. The molecule has 0 spiro atoms. The number of phosphoric ester groups is 1. The van der Waals surface area contributed by atoms with Crippen LogP contribution in [-0.2, 0) is 18.4 Å². The van der Waals surface area contributed by atoms with Gasteiger partial charge in [-0.15, -0.1) is 0 Å². The van der Waals surface area contributed by atoms with Gasteiger partial charge in [-0.2, -0.15) is 0 Å². The van der Waals surface area contributed by atoms with Crippen molar-refractivity contribution in [2.75, 3.05) is 40.9 Å². The first-order chi connectivity index (χ1) is 31.0. The van der Waals surface area contributed by atoms with Gasteiger partial charge in [0.25, 0.3) is 7.82 Å². The van der Waals surface area contributed by atoms with E-state index in [2.05, 4.69) is 31.3 Å². The van der Waals surface area contributed by atoms with Crippen molar-refractivity contribution in [3.63, 3.8) is 0 Å². The highest BCUT2D eigenvalue weighted by Gasteiger charge is 2.24. The van der Waals surface area contributed by atoms with E-state index in [1.807, 2.05) is 21.1 Å². The van der Waals surface area contributed by atoms with Gasteiger partial charge in [-0.05, 0) is 38.5 Å². The maximum absolute atomic E-state index is 13.0. The SMILES string of the molecule is CCCCCCCCCC/C=C\CCCCCCCCCCCCCC(=O)NC(COP(=O)([O-])OCC[N+](C)(C)C)C(O)CCCCCCCCCCCCCCCCCCCCC. The molecule has 0 aliphatic carbocycles. The van der Waals surface area contributed by atoms with E-state index in [1.54, 1.807) is 0 Å². The smallest absolute Gasteiger partial charge is 0.268 e. The molecule has 0 aliphatic rings. The summed E-state index contributed by atoms with van der Waals surface area (Å²) in [6.45, 7) is 4.76. The van der Waals surface area contributed by atoms with Crippen molar-refractivity contribution in [3.05, 3.63) is 12.2 Å². The molecule has 0 saturated carbocycles. The van der Waals surface area contributed by atoms with E-state index in [9.17, 15) is 19.4 Å². The maximum Gasteiger partial charge on any atom is 0.268 e. The first-order valence-electron chi connectivity index (χ1n) is 28.0. The number of nitrogens with zero attached hydrogens (tertiary/aromatic N) is 1. The van der Waals surface area contributed by atoms with Gasteiger partial charge in [0.1, 0.15) is 13.2 Å². The molecular formula is C55H111N2O6P. The number of likely N-dealkylation sites (N-methyl/N-ethyl adjacent to an activating group) is 1. The molecule has 8 nitrogen and oxygen atoms in total. The summed E-state index contributed by atoms with van der Waals surface area (Å²) in [6.07, 6.45) is 56.6. The Labute approximate surface area is 399 Å². The van der Waals surface area contributed by atoms with Crippen LogP contribution < -0.4 is 10.2 Å². The fourth-order valence-corrected chi connectivity index (χ4v) is 9.29. The lowest BCUT2D eigenvalue weighted by Gasteiger charge is -2.30. The Morgan fingerprint density at radius 1 is 0.531 bits per heavy atom. The molecule has 64 heavy (non-hydrogen) atoms. The fourth-order valence-electron chi connectivity index (χ4n) is 8.57. The van der Waals surface area contributed by atoms with Crippen LogP contribution in [0.4, 0.5) is 0 Å². The molecule has 9 heteroatoms. The molecule has 382 valence electrons. The third-order valence-corrected chi connectivity index (χ3v) is 14.0. The molecule has 0 fully saturated rings. The van der Waals surface area contributed by atoms with E-state index in [0.717, 1.165) is 38.5 Å². The topological polar surface area (TPSA) is 108 Å². The van der Waals surface area contributed by atoms with Crippen molar-refractivity contribution in [3.8, 4) is 0 Å². The lowest BCUT2D eigenvalue weighted by atomic mass is 10.0. The summed E-state index contributed by atoms with van der Waals surface area (Å²) in [7, 11) is 1.32. The van der Waals surface area contributed by atoms with Crippen LogP contribution in [0.5, 0.6) is 0 Å². The summed E-state index contributed by atoms with van der Waals surface area (Å²) in [5.41, 5.74) is 0. The van der Waals surface area contributed by atoms with Gasteiger partial charge in [-0.25, -0.2) is 0 Å². The predicted octanol–water partition coefficient (Wildman–Crippen LogP) is 16.0. The number of carbonyl (C=O) groups is 1. The number of rotatable bonds is 52. The summed E-state index contributed by atoms with van der Waals surface area (Å²) < 4.78 is 23.4. The largest absolute Gasteiger partial charge is 0.756 e. The van der Waals surface area contributed by atoms with Gasteiger partial charge < -0.3 is 28.8 Å². The number of hydrogen-bond donors (Lipinski definition) is 2. The van der Waals surface area contributed by atoms with Crippen LogP contribution in [0.25, 0.3) is 0 Å². The quantitative estimate of drug-likeness (QED) is 0.0272. The second-order valence-corrected chi connectivity index (χ2v) is 22.1. The highest BCUT2D eigenvalue weighted by atomic mass is 31.2. The molecule has 3 unspecified atom stereocenters. The summed E-state index contributed by atoms with van der Waals surface area (Å²) in [5, 5.41) is 14.0. The molecule has 0 aromatic carbocycles. The van der Waals surface area contributed by atoms with Crippen molar-refractivity contribution in [1.29, 1.82) is 0 Å². The third-order valence-electron chi connectivity index (χ3n) is 13.0. The molecule has 1 amide bonds. The number of allylic oxidation sites excluding steroid dienone is 2. The van der Waals surface area contributed by atoms with Gasteiger partial charge in [0, 0.05) is 6.42 Å². The second-order valence-electron chi connectivity index (χ2n) is 20.6. The molecule has 0 aliphatic heterocycles. The number of hydrogen-bond acceptors (Lipinski definition) is 6. The van der Waals surface area contributed by atoms with Crippen molar-refractivity contribution in [1.82, 2.24) is 5.32 Å². The average Bonchev–Trinajstić information content (AvgIpc) is 3.25. The highest BCUT2D eigenvalue weighted by Crippen LogP contribution is 2.38. The third kappa shape index (κ3) is 49.2. The Morgan fingerprint density at radius 3 is 1.22 bits per heavy atom. The number of aliphatic hydroxyl groups excluding tert-OH is 1. The zero-order chi connectivity index (χ0) is 47.1. The van der Waals surface area contributed by atoms with E-state index in [4.69, 9.17) is 9.05 Å². The maximum atomic E-state index is 13.0. The van der Waals surface area contributed by atoms with E-state index in [1.165, 1.54) is 218 Å². The summed E-state index contributed by atoms with van der Waals surface area (Å²) in [6, 6.07) is -0.798. The monoisotopic (exact) mass is 927 g/mol. The van der Waals surface area contributed by atoms with Crippen molar-refractivity contribution in [2.45, 2.75) is 296 Å². The highest BCUT2D eigenvalue weighted by molar-refractivity contribution is 7.45. The Hall–Kier alpha value is -0.760. The van der Waals surface area contributed by atoms with Crippen LogP contribution in [0.15, 0.2) is 12.2 Å². The van der Waals surface area contributed by atoms with Gasteiger partial charge in [0.2, 0.25) is 5.91 Å². The lowest BCUT2D eigenvalue weighted by Crippen LogP contribution is -2.46. The standard InChI is InChI=1S/C55H111N2O6P/c1-6-8-10-12-14-16-18-20-22-24-26-27-28-29-31-33-35-37-39-41-43-45-47-49-55(59)56-53(52-63-64(60,61)62-51-50-57(3,4)5)54(58)48-46-44-42-40-38-36-34-32-30-25-23-21-19-17-15-13-11-9-7-2/h24,26,53-54,58H,6-23,25,27-52H2,1-5H3,(H-,56,59,60,61)/b26-24-. The van der Waals surface area contributed by atoms with Gasteiger partial charge >= 0.3 is 0 Å². The first-order valence-corrected chi connectivity index (χ1v) is 29.5. The molecular weight excluding hydrogens is 816 g/mol. The Bertz CT molecular complexity index is 1050. The van der Waals surface area contributed by atoms with E-state index < -0.39 is 20.0 Å². The van der Waals surface area contributed by atoms with E-state index >= 15 is 0 Å². The molecule has 0 heterocycles. The number of quaternary nitrogens is 1. The molecule has 0 aromatic rings. The number of carbonyl (C=O) groups excluding carboxylic acids is 1. The van der Waals surface area contributed by atoms with Gasteiger partial charge in [0.05, 0.1) is 39.9 Å². The van der Waals surface area contributed by atoms with E-state index in [-0.39, 0.29) is 19.1 Å². The number of nitrogens with one attached hydrogen (secondary N) is 1. The predicted molar refractivity (Wildman–Crippen MR) is 275 cm³/mol. The minimum atomic E-state index is -4.57. The molecule has 0 bridgehead atoms. The molecule has 0 saturated heterocycles. The van der Waals surface area contributed by atoms with Crippen LogP contribution in [0.1, 0.15) is 284 Å².